The lowest BCUT2D eigenvalue weighted by Crippen LogP contribution is -2.15. The molecule has 0 aliphatic carbocycles. The number of nitrogens with zero attached hydrogens (tertiary/aromatic N) is 2. The average Bonchev–Trinajstić information content (AvgIpc) is 2.51. The van der Waals surface area contributed by atoms with E-state index >= 15 is 0 Å². The van der Waals surface area contributed by atoms with Crippen molar-refractivity contribution < 1.29 is 0 Å². The lowest BCUT2D eigenvalue weighted by atomic mass is 10.2. The number of imidazole rings is 1. The lowest BCUT2D eigenvalue weighted by Gasteiger charge is -2.06. The summed E-state index contributed by atoms with van der Waals surface area (Å²) in [5.74, 6) is 1.09. The molecule has 0 aliphatic rings. The summed E-state index contributed by atoms with van der Waals surface area (Å²) in [6, 6.07) is 6.40. The SMILES string of the molecule is CNCCn1c(C)nc2ccc(C)cc21. The quantitative estimate of drug-likeness (QED) is 0.825. The van der Waals surface area contributed by atoms with Crippen LogP contribution in [0.5, 0.6) is 0 Å². The molecule has 0 saturated carbocycles. The molecule has 0 atom stereocenters. The second-order valence-corrected chi connectivity index (χ2v) is 3.91. The fraction of sp³-hybridized carbons (Fsp3) is 0.417. The lowest BCUT2D eigenvalue weighted by molar-refractivity contribution is 0.643. The summed E-state index contributed by atoms with van der Waals surface area (Å²) in [7, 11) is 1.97. The van der Waals surface area contributed by atoms with Gasteiger partial charge in [0.2, 0.25) is 0 Å². The average molecular weight is 203 g/mol. The van der Waals surface area contributed by atoms with Crippen molar-refractivity contribution in [3.05, 3.63) is 29.6 Å². The van der Waals surface area contributed by atoms with Gasteiger partial charge in [0.15, 0.2) is 0 Å². The monoisotopic (exact) mass is 203 g/mol. The molecule has 0 spiro atoms. The number of hydrogen-bond donors (Lipinski definition) is 1. The predicted molar refractivity (Wildman–Crippen MR) is 63.1 cm³/mol. The van der Waals surface area contributed by atoms with E-state index in [4.69, 9.17) is 0 Å². The van der Waals surface area contributed by atoms with Crippen molar-refractivity contribution in [2.45, 2.75) is 20.4 Å². The van der Waals surface area contributed by atoms with Crippen molar-refractivity contribution >= 4 is 11.0 Å². The maximum Gasteiger partial charge on any atom is 0.106 e. The number of aryl methyl sites for hydroxylation is 2. The standard InChI is InChI=1S/C12H17N3/c1-9-4-5-11-12(8-9)15(7-6-13-3)10(2)14-11/h4-5,8,13H,6-7H2,1-3H3. The van der Waals surface area contributed by atoms with E-state index in [1.807, 2.05) is 7.05 Å². The molecule has 15 heavy (non-hydrogen) atoms. The zero-order chi connectivity index (χ0) is 10.8. The molecule has 1 N–H and O–H groups in total. The maximum absolute atomic E-state index is 4.54. The van der Waals surface area contributed by atoms with Gasteiger partial charge in [-0.2, -0.15) is 0 Å². The van der Waals surface area contributed by atoms with Gasteiger partial charge in [-0.1, -0.05) is 6.07 Å². The number of likely N-dealkylation sites (N-methyl/N-ethyl adjacent to an activating group) is 1. The third kappa shape index (κ3) is 1.88. The number of rotatable bonds is 3. The Morgan fingerprint density at radius 3 is 2.87 bits per heavy atom. The van der Waals surface area contributed by atoms with Crippen LogP contribution in [-0.4, -0.2) is 23.1 Å². The topological polar surface area (TPSA) is 29.9 Å². The Kier molecular flexibility index (Phi) is 2.73. The fourth-order valence-corrected chi connectivity index (χ4v) is 1.86. The van der Waals surface area contributed by atoms with Gasteiger partial charge >= 0.3 is 0 Å². The van der Waals surface area contributed by atoms with Gasteiger partial charge in [0.1, 0.15) is 5.82 Å². The first kappa shape index (κ1) is 10.2. The summed E-state index contributed by atoms with van der Waals surface area (Å²) >= 11 is 0. The van der Waals surface area contributed by atoms with E-state index < -0.39 is 0 Å². The van der Waals surface area contributed by atoms with Crippen LogP contribution >= 0.6 is 0 Å². The van der Waals surface area contributed by atoms with Crippen molar-refractivity contribution in [3.8, 4) is 0 Å². The molecule has 0 unspecified atom stereocenters. The van der Waals surface area contributed by atoms with Crippen molar-refractivity contribution in [2.75, 3.05) is 13.6 Å². The van der Waals surface area contributed by atoms with Crippen LogP contribution in [0.2, 0.25) is 0 Å². The first-order chi connectivity index (χ1) is 7.22. The first-order valence-electron chi connectivity index (χ1n) is 5.30. The third-order valence-corrected chi connectivity index (χ3v) is 2.68. The molecule has 0 saturated heterocycles. The van der Waals surface area contributed by atoms with Crippen molar-refractivity contribution in [2.24, 2.45) is 0 Å². The van der Waals surface area contributed by atoms with E-state index in [0.717, 1.165) is 24.4 Å². The highest BCUT2D eigenvalue weighted by molar-refractivity contribution is 5.76. The largest absolute Gasteiger partial charge is 0.327 e. The third-order valence-electron chi connectivity index (χ3n) is 2.68. The first-order valence-corrected chi connectivity index (χ1v) is 5.30. The summed E-state index contributed by atoms with van der Waals surface area (Å²) in [5.41, 5.74) is 3.62. The fourth-order valence-electron chi connectivity index (χ4n) is 1.86. The summed E-state index contributed by atoms with van der Waals surface area (Å²) in [6.45, 7) is 6.12. The van der Waals surface area contributed by atoms with E-state index in [0.29, 0.717) is 0 Å². The van der Waals surface area contributed by atoms with Gasteiger partial charge in [0.05, 0.1) is 11.0 Å². The molecule has 0 radical (unpaired) electrons. The molecule has 80 valence electrons. The molecular formula is C12H17N3. The van der Waals surface area contributed by atoms with E-state index in [-0.39, 0.29) is 0 Å². The van der Waals surface area contributed by atoms with Crippen LogP contribution in [0.3, 0.4) is 0 Å². The van der Waals surface area contributed by atoms with Gasteiger partial charge in [-0.15, -0.1) is 0 Å². The molecule has 3 nitrogen and oxygen atoms in total. The Labute approximate surface area is 90.1 Å². The van der Waals surface area contributed by atoms with Crippen LogP contribution < -0.4 is 5.32 Å². The summed E-state index contributed by atoms with van der Waals surface area (Å²) in [5, 5.41) is 3.16. The minimum atomic E-state index is 0.972. The second kappa shape index (κ2) is 4.03. The highest BCUT2D eigenvalue weighted by atomic mass is 15.1. The van der Waals surface area contributed by atoms with Gasteiger partial charge in [-0.05, 0) is 38.6 Å². The summed E-state index contributed by atoms with van der Waals surface area (Å²) in [4.78, 5) is 4.54. The Balaban J connectivity index is 2.50. The molecular weight excluding hydrogens is 186 g/mol. The highest BCUT2D eigenvalue weighted by Gasteiger charge is 2.06. The Bertz CT molecular complexity index is 471. The molecule has 0 aliphatic heterocycles. The maximum atomic E-state index is 4.54. The van der Waals surface area contributed by atoms with Crippen LogP contribution in [0.1, 0.15) is 11.4 Å². The van der Waals surface area contributed by atoms with E-state index in [1.54, 1.807) is 0 Å². The second-order valence-electron chi connectivity index (χ2n) is 3.91. The van der Waals surface area contributed by atoms with Crippen molar-refractivity contribution in [1.82, 2.24) is 14.9 Å². The van der Waals surface area contributed by atoms with Crippen LogP contribution in [0.4, 0.5) is 0 Å². The van der Waals surface area contributed by atoms with Crippen molar-refractivity contribution in [1.29, 1.82) is 0 Å². The van der Waals surface area contributed by atoms with Crippen LogP contribution in [0.25, 0.3) is 11.0 Å². The number of nitrogens with one attached hydrogen (secondary N) is 1. The van der Waals surface area contributed by atoms with Gasteiger partial charge in [-0.25, -0.2) is 4.98 Å². The minimum absolute atomic E-state index is 0.972. The number of benzene rings is 1. The molecule has 2 rings (SSSR count). The van der Waals surface area contributed by atoms with E-state index in [9.17, 15) is 0 Å². The zero-order valence-corrected chi connectivity index (χ0v) is 9.54. The predicted octanol–water partition coefficient (Wildman–Crippen LogP) is 1.87. The molecule has 0 amide bonds. The number of aromatic nitrogens is 2. The molecule has 3 heteroatoms. The van der Waals surface area contributed by atoms with E-state index in [1.165, 1.54) is 11.1 Å². The zero-order valence-electron chi connectivity index (χ0n) is 9.54. The van der Waals surface area contributed by atoms with Crippen LogP contribution in [0.15, 0.2) is 18.2 Å². The highest BCUT2D eigenvalue weighted by Crippen LogP contribution is 2.17. The molecule has 0 fully saturated rings. The number of hydrogen-bond acceptors (Lipinski definition) is 2. The van der Waals surface area contributed by atoms with Gasteiger partial charge in [0.25, 0.3) is 0 Å². The Morgan fingerprint density at radius 1 is 1.33 bits per heavy atom. The summed E-state index contributed by atoms with van der Waals surface area (Å²) in [6.07, 6.45) is 0. The summed E-state index contributed by atoms with van der Waals surface area (Å²) < 4.78 is 2.26. The van der Waals surface area contributed by atoms with Crippen LogP contribution in [0, 0.1) is 13.8 Å². The van der Waals surface area contributed by atoms with E-state index in [2.05, 4.69) is 46.9 Å². The molecule has 1 aromatic carbocycles. The molecule has 0 bridgehead atoms. The van der Waals surface area contributed by atoms with Crippen LogP contribution in [-0.2, 0) is 6.54 Å². The Morgan fingerprint density at radius 2 is 2.13 bits per heavy atom. The minimum Gasteiger partial charge on any atom is -0.327 e. The van der Waals surface area contributed by atoms with Gasteiger partial charge in [-0.3, -0.25) is 0 Å². The molecule has 1 aromatic heterocycles. The normalized spacial score (nSPS) is 11.1. The van der Waals surface area contributed by atoms with Gasteiger partial charge < -0.3 is 9.88 Å². The Hall–Kier alpha value is -1.35. The van der Waals surface area contributed by atoms with Crippen molar-refractivity contribution in [3.63, 3.8) is 0 Å². The molecule has 2 aromatic rings. The number of fused-ring (bicyclic) bond motifs is 1. The molecule has 1 heterocycles. The van der Waals surface area contributed by atoms with Gasteiger partial charge in [0, 0.05) is 13.1 Å². The smallest absolute Gasteiger partial charge is 0.106 e.